The SMILES string of the molecule is C=C(C)CNC1CCC(N)C1. The Bertz CT molecular complexity index is 142. The predicted molar refractivity (Wildman–Crippen MR) is 48.4 cm³/mol. The molecule has 64 valence electrons. The van der Waals surface area contributed by atoms with Crippen LogP contribution in [0.1, 0.15) is 26.2 Å². The van der Waals surface area contributed by atoms with Gasteiger partial charge in [-0.25, -0.2) is 0 Å². The van der Waals surface area contributed by atoms with Crippen molar-refractivity contribution in [3.05, 3.63) is 12.2 Å². The second-order valence-electron chi connectivity index (χ2n) is 3.61. The lowest BCUT2D eigenvalue weighted by atomic mass is 10.2. The van der Waals surface area contributed by atoms with Crippen molar-refractivity contribution in [1.82, 2.24) is 5.32 Å². The summed E-state index contributed by atoms with van der Waals surface area (Å²) in [6.07, 6.45) is 3.54. The van der Waals surface area contributed by atoms with E-state index in [9.17, 15) is 0 Å². The first kappa shape index (κ1) is 8.75. The molecule has 0 aliphatic heterocycles. The molecule has 0 aromatic heterocycles. The second kappa shape index (κ2) is 3.88. The lowest BCUT2D eigenvalue weighted by molar-refractivity contribution is 0.540. The first-order chi connectivity index (χ1) is 5.18. The highest BCUT2D eigenvalue weighted by Gasteiger charge is 2.20. The maximum Gasteiger partial charge on any atom is 0.0161 e. The molecule has 0 radical (unpaired) electrons. The zero-order chi connectivity index (χ0) is 8.27. The van der Waals surface area contributed by atoms with Gasteiger partial charge < -0.3 is 11.1 Å². The molecule has 2 unspecified atom stereocenters. The van der Waals surface area contributed by atoms with Gasteiger partial charge in [0.1, 0.15) is 0 Å². The third-order valence-corrected chi connectivity index (χ3v) is 2.17. The minimum atomic E-state index is 0.428. The molecule has 1 aliphatic carbocycles. The molecule has 0 aromatic rings. The Hall–Kier alpha value is -0.340. The van der Waals surface area contributed by atoms with Gasteiger partial charge in [0.15, 0.2) is 0 Å². The summed E-state index contributed by atoms with van der Waals surface area (Å²) >= 11 is 0. The maximum absolute atomic E-state index is 5.77. The summed E-state index contributed by atoms with van der Waals surface area (Å²) in [5.41, 5.74) is 6.97. The molecule has 1 rings (SSSR count). The molecule has 11 heavy (non-hydrogen) atoms. The Morgan fingerprint density at radius 2 is 2.36 bits per heavy atom. The van der Waals surface area contributed by atoms with E-state index in [2.05, 4.69) is 11.9 Å². The van der Waals surface area contributed by atoms with Crippen LogP contribution in [0.2, 0.25) is 0 Å². The lowest BCUT2D eigenvalue weighted by Gasteiger charge is -2.11. The molecule has 1 saturated carbocycles. The predicted octanol–water partition coefficient (Wildman–Crippen LogP) is 1.03. The second-order valence-corrected chi connectivity index (χ2v) is 3.61. The molecule has 1 aliphatic rings. The first-order valence-corrected chi connectivity index (χ1v) is 4.32. The van der Waals surface area contributed by atoms with Crippen molar-refractivity contribution in [1.29, 1.82) is 0 Å². The average molecular weight is 154 g/mol. The van der Waals surface area contributed by atoms with Gasteiger partial charge in [-0.3, -0.25) is 0 Å². The van der Waals surface area contributed by atoms with E-state index in [0.717, 1.165) is 13.0 Å². The molecular weight excluding hydrogens is 136 g/mol. The summed E-state index contributed by atoms with van der Waals surface area (Å²) in [5, 5.41) is 3.43. The van der Waals surface area contributed by atoms with Crippen molar-refractivity contribution in [2.45, 2.75) is 38.3 Å². The molecule has 0 aromatic carbocycles. The average Bonchev–Trinajstić information content (AvgIpc) is 2.31. The first-order valence-electron chi connectivity index (χ1n) is 4.32. The van der Waals surface area contributed by atoms with Crippen LogP contribution in [0.4, 0.5) is 0 Å². The Balaban J connectivity index is 2.13. The van der Waals surface area contributed by atoms with E-state index in [1.165, 1.54) is 18.4 Å². The number of hydrogen-bond acceptors (Lipinski definition) is 2. The van der Waals surface area contributed by atoms with Crippen molar-refractivity contribution < 1.29 is 0 Å². The van der Waals surface area contributed by atoms with Crippen LogP contribution in [0.25, 0.3) is 0 Å². The molecule has 2 heteroatoms. The molecule has 1 fully saturated rings. The van der Waals surface area contributed by atoms with E-state index < -0.39 is 0 Å². The zero-order valence-corrected chi connectivity index (χ0v) is 7.27. The van der Waals surface area contributed by atoms with Crippen LogP contribution < -0.4 is 11.1 Å². The van der Waals surface area contributed by atoms with Gasteiger partial charge in [-0.05, 0) is 26.2 Å². The van der Waals surface area contributed by atoms with Crippen LogP contribution in [0.3, 0.4) is 0 Å². The summed E-state index contributed by atoms with van der Waals surface area (Å²) in [6.45, 7) is 6.83. The van der Waals surface area contributed by atoms with Crippen molar-refractivity contribution in [2.75, 3.05) is 6.54 Å². The van der Waals surface area contributed by atoms with Crippen molar-refractivity contribution in [3.8, 4) is 0 Å². The van der Waals surface area contributed by atoms with Crippen molar-refractivity contribution >= 4 is 0 Å². The quantitative estimate of drug-likeness (QED) is 0.596. The largest absolute Gasteiger partial charge is 0.328 e. The summed E-state index contributed by atoms with van der Waals surface area (Å²) in [5.74, 6) is 0. The highest BCUT2D eigenvalue weighted by Crippen LogP contribution is 2.16. The molecule has 2 atom stereocenters. The number of hydrogen-bond donors (Lipinski definition) is 2. The molecule has 0 saturated heterocycles. The fourth-order valence-corrected chi connectivity index (χ4v) is 1.52. The summed E-state index contributed by atoms with van der Waals surface area (Å²) in [6, 6.07) is 1.07. The van der Waals surface area contributed by atoms with Gasteiger partial charge in [0.2, 0.25) is 0 Å². The summed E-state index contributed by atoms with van der Waals surface area (Å²) < 4.78 is 0. The van der Waals surface area contributed by atoms with Gasteiger partial charge in [0.05, 0.1) is 0 Å². The fraction of sp³-hybridized carbons (Fsp3) is 0.778. The Morgan fingerprint density at radius 3 is 2.82 bits per heavy atom. The highest BCUT2D eigenvalue weighted by atomic mass is 14.9. The van der Waals surface area contributed by atoms with Gasteiger partial charge in [-0.1, -0.05) is 12.2 Å². The van der Waals surface area contributed by atoms with Crippen LogP contribution in [0, 0.1) is 0 Å². The topological polar surface area (TPSA) is 38.0 Å². The van der Waals surface area contributed by atoms with E-state index in [1.54, 1.807) is 0 Å². The van der Waals surface area contributed by atoms with Crippen LogP contribution in [0.15, 0.2) is 12.2 Å². The third-order valence-electron chi connectivity index (χ3n) is 2.17. The minimum Gasteiger partial charge on any atom is -0.328 e. The van der Waals surface area contributed by atoms with Crippen LogP contribution in [-0.4, -0.2) is 18.6 Å². The molecule has 3 N–H and O–H groups in total. The van der Waals surface area contributed by atoms with Crippen molar-refractivity contribution in [3.63, 3.8) is 0 Å². The van der Waals surface area contributed by atoms with E-state index >= 15 is 0 Å². The monoisotopic (exact) mass is 154 g/mol. The molecule has 0 heterocycles. The fourth-order valence-electron chi connectivity index (χ4n) is 1.52. The van der Waals surface area contributed by atoms with Crippen LogP contribution >= 0.6 is 0 Å². The Kier molecular flexibility index (Phi) is 3.09. The van der Waals surface area contributed by atoms with Crippen LogP contribution in [0.5, 0.6) is 0 Å². The minimum absolute atomic E-state index is 0.428. The van der Waals surface area contributed by atoms with Gasteiger partial charge >= 0.3 is 0 Å². The van der Waals surface area contributed by atoms with Crippen LogP contribution in [-0.2, 0) is 0 Å². The maximum atomic E-state index is 5.77. The molecule has 0 bridgehead atoms. The van der Waals surface area contributed by atoms with E-state index in [4.69, 9.17) is 5.73 Å². The van der Waals surface area contributed by atoms with Crippen molar-refractivity contribution in [2.24, 2.45) is 5.73 Å². The van der Waals surface area contributed by atoms with Gasteiger partial charge in [-0.15, -0.1) is 0 Å². The molecule has 0 amide bonds. The van der Waals surface area contributed by atoms with E-state index in [0.29, 0.717) is 12.1 Å². The summed E-state index contributed by atoms with van der Waals surface area (Å²) in [7, 11) is 0. The smallest absolute Gasteiger partial charge is 0.0161 e. The van der Waals surface area contributed by atoms with E-state index in [-0.39, 0.29) is 0 Å². The van der Waals surface area contributed by atoms with Gasteiger partial charge in [0, 0.05) is 18.6 Å². The zero-order valence-electron chi connectivity index (χ0n) is 7.27. The summed E-state index contributed by atoms with van der Waals surface area (Å²) in [4.78, 5) is 0. The molecule has 0 spiro atoms. The lowest BCUT2D eigenvalue weighted by Crippen LogP contribution is -2.29. The standard InChI is InChI=1S/C9H18N2/c1-7(2)6-11-9-4-3-8(10)5-9/h8-9,11H,1,3-6,10H2,2H3. The Labute approximate surface area is 68.9 Å². The van der Waals surface area contributed by atoms with Gasteiger partial charge in [-0.2, -0.15) is 0 Å². The van der Waals surface area contributed by atoms with E-state index in [1.807, 2.05) is 6.92 Å². The van der Waals surface area contributed by atoms with Gasteiger partial charge in [0.25, 0.3) is 0 Å². The molecular formula is C9H18N2. The normalized spacial score (nSPS) is 30.7. The molecule has 2 nitrogen and oxygen atoms in total. The Morgan fingerprint density at radius 1 is 1.64 bits per heavy atom. The number of nitrogens with one attached hydrogen (secondary N) is 1. The number of rotatable bonds is 3. The highest BCUT2D eigenvalue weighted by molar-refractivity contribution is 4.93. The number of nitrogens with two attached hydrogens (primary N) is 1. The third kappa shape index (κ3) is 3.04.